The lowest BCUT2D eigenvalue weighted by Gasteiger charge is -2.18. The fourth-order valence-electron chi connectivity index (χ4n) is 4.30. The van der Waals surface area contributed by atoms with Gasteiger partial charge in [-0.1, -0.05) is 54.5 Å². The Balaban J connectivity index is 2.35. The summed E-state index contributed by atoms with van der Waals surface area (Å²) in [4.78, 5) is 36.7. The molecule has 6 N–H and O–H groups in total. The lowest BCUT2D eigenvalue weighted by atomic mass is 9.88. The van der Waals surface area contributed by atoms with Gasteiger partial charge in [-0.15, -0.1) is 0 Å². The first-order chi connectivity index (χ1) is 17.6. The van der Waals surface area contributed by atoms with Gasteiger partial charge in [0, 0.05) is 19.4 Å². The average Bonchev–Trinajstić information content (AvgIpc) is 2.84. The van der Waals surface area contributed by atoms with Crippen LogP contribution in [0.1, 0.15) is 73.3 Å². The van der Waals surface area contributed by atoms with Gasteiger partial charge in [-0.2, -0.15) is 0 Å². The third kappa shape index (κ3) is 8.93. The van der Waals surface area contributed by atoms with E-state index in [1.807, 2.05) is 26.0 Å². The number of nitrogens with two attached hydrogens (primary N) is 1. The van der Waals surface area contributed by atoms with E-state index in [4.69, 9.17) is 5.73 Å². The average molecular weight is 512 g/mol. The van der Waals surface area contributed by atoms with Crippen LogP contribution in [0, 0.1) is 6.92 Å². The second-order valence-corrected chi connectivity index (χ2v) is 9.39. The largest absolute Gasteiger partial charge is 0.508 e. The highest BCUT2D eigenvalue weighted by molar-refractivity contribution is 5.89. The number of aromatic hydroxyl groups is 1. The molecule has 2 aromatic carbocycles. The van der Waals surface area contributed by atoms with Gasteiger partial charge in [0.15, 0.2) is 0 Å². The molecule has 37 heavy (non-hydrogen) atoms. The van der Waals surface area contributed by atoms with Crippen molar-refractivity contribution in [3.05, 3.63) is 75.9 Å². The van der Waals surface area contributed by atoms with Crippen LogP contribution in [-0.4, -0.2) is 51.1 Å². The summed E-state index contributed by atoms with van der Waals surface area (Å²) in [6.45, 7) is 3.47. The van der Waals surface area contributed by atoms with E-state index in [-0.39, 0.29) is 55.8 Å². The zero-order valence-electron chi connectivity index (χ0n) is 21.4. The first-order valence-corrected chi connectivity index (χ1v) is 12.4. The zero-order valence-corrected chi connectivity index (χ0v) is 21.4. The summed E-state index contributed by atoms with van der Waals surface area (Å²) < 4.78 is 0. The number of amides is 1. The molecule has 0 saturated carbocycles. The van der Waals surface area contributed by atoms with Gasteiger partial charge in [0.25, 0.3) is 0 Å². The highest BCUT2D eigenvalue weighted by Gasteiger charge is 2.21. The number of hydrogen-bond donors (Lipinski definition) is 5. The van der Waals surface area contributed by atoms with Crippen molar-refractivity contribution in [1.82, 2.24) is 0 Å². The number of rotatable bonds is 15. The highest BCUT2D eigenvalue weighted by Crippen LogP contribution is 2.30. The van der Waals surface area contributed by atoms with E-state index >= 15 is 0 Å². The van der Waals surface area contributed by atoms with E-state index in [1.165, 1.54) is 6.07 Å². The van der Waals surface area contributed by atoms with Crippen LogP contribution < -0.4 is 5.73 Å². The quantitative estimate of drug-likeness (QED) is 0.182. The molecule has 0 radical (unpaired) electrons. The van der Waals surface area contributed by atoms with Crippen molar-refractivity contribution in [3.63, 3.8) is 0 Å². The zero-order chi connectivity index (χ0) is 27.5. The Morgan fingerprint density at radius 1 is 1.03 bits per heavy atom. The minimum Gasteiger partial charge on any atom is -0.508 e. The topological polar surface area (TPSA) is 158 Å². The molecule has 0 aliphatic heterocycles. The first kappa shape index (κ1) is 29.9. The summed E-state index contributed by atoms with van der Waals surface area (Å²) in [6, 6.07) is 11.8. The van der Waals surface area contributed by atoms with E-state index in [1.54, 1.807) is 24.3 Å². The maximum Gasteiger partial charge on any atom is 0.224 e. The summed E-state index contributed by atoms with van der Waals surface area (Å²) >= 11 is 0. The molecule has 0 aliphatic rings. The number of aliphatic hydroxyl groups is 3. The summed E-state index contributed by atoms with van der Waals surface area (Å²) in [5.41, 5.74) is 8.72. The molecule has 0 heterocycles. The second kappa shape index (κ2) is 14.4. The third-order valence-electron chi connectivity index (χ3n) is 6.47. The Labute approximate surface area is 217 Å². The molecule has 3 atom stereocenters. The molecule has 2 aromatic rings. The Kier molecular flexibility index (Phi) is 11.7. The fourth-order valence-corrected chi connectivity index (χ4v) is 4.30. The number of phenols is 1. The van der Waals surface area contributed by atoms with Gasteiger partial charge >= 0.3 is 0 Å². The van der Waals surface area contributed by atoms with E-state index < -0.39 is 24.0 Å². The highest BCUT2D eigenvalue weighted by atomic mass is 16.3. The van der Waals surface area contributed by atoms with Gasteiger partial charge in [-0.05, 0) is 60.9 Å². The van der Waals surface area contributed by atoms with Gasteiger partial charge in [-0.25, -0.2) is 0 Å². The number of carbonyl (C=O) groups is 3. The minimum absolute atomic E-state index is 0.000871. The van der Waals surface area contributed by atoms with Crippen molar-refractivity contribution in [2.75, 3.05) is 6.61 Å². The van der Waals surface area contributed by atoms with Crippen LogP contribution in [-0.2, 0) is 20.8 Å². The number of phenolic OH excluding ortho intramolecular Hbond substituents is 1. The van der Waals surface area contributed by atoms with Gasteiger partial charge in [0.05, 0.1) is 18.1 Å². The SMILES string of the molecule is CCC(C(N)=O)c1ccc(O)c(C/C(CC(O)CCO)=C(/C=O)CC(=O)CC(O)c2ccc(C)cc2)c1. The number of aldehydes is 1. The standard InChI is InChI=1S/C29H37NO7/c1-3-26(29(30)37)20-8-9-27(35)22(12-20)13-21(14-24(33)10-11-31)23(17-32)15-25(34)16-28(36)19-6-4-18(2)5-7-19/h4-9,12,17,24,26,28,31,33,35-36H,3,10-11,13-16H2,1-2H3,(H2,30,37)/b23-21-. The van der Waals surface area contributed by atoms with Crippen LogP contribution >= 0.6 is 0 Å². The minimum atomic E-state index is -1.02. The van der Waals surface area contributed by atoms with Crippen molar-refractivity contribution < 1.29 is 34.8 Å². The Hall–Kier alpha value is -3.33. The predicted octanol–water partition coefficient (Wildman–Crippen LogP) is 2.93. The number of aliphatic hydroxyl groups excluding tert-OH is 3. The third-order valence-corrected chi connectivity index (χ3v) is 6.47. The molecule has 0 fully saturated rings. The van der Waals surface area contributed by atoms with E-state index in [2.05, 4.69) is 0 Å². The fraction of sp³-hybridized carbons (Fsp3) is 0.414. The van der Waals surface area contributed by atoms with Gasteiger partial charge in [0.2, 0.25) is 5.91 Å². The number of primary amides is 1. The summed E-state index contributed by atoms with van der Waals surface area (Å²) in [7, 11) is 0. The van der Waals surface area contributed by atoms with Crippen molar-refractivity contribution in [2.24, 2.45) is 5.73 Å². The van der Waals surface area contributed by atoms with E-state index in [0.29, 0.717) is 35.0 Å². The van der Waals surface area contributed by atoms with Crippen LogP contribution in [0.25, 0.3) is 0 Å². The first-order valence-electron chi connectivity index (χ1n) is 12.4. The maximum absolute atomic E-state index is 12.8. The second-order valence-electron chi connectivity index (χ2n) is 9.39. The van der Waals surface area contributed by atoms with Crippen LogP contribution in [0.15, 0.2) is 53.6 Å². The lowest BCUT2D eigenvalue weighted by molar-refractivity contribution is -0.121. The number of ketones is 1. The monoisotopic (exact) mass is 511 g/mol. The van der Waals surface area contributed by atoms with E-state index in [9.17, 15) is 34.8 Å². The Morgan fingerprint density at radius 2 is 1.68 bits per heavy atom. The molecule has 8 nitrogen and oxygen atoms in total. The number of aryl methyl sites for hydroxylation is 1. The molecule has 0 spiro atoms. The molecule has 0 aliphatic carbocycles. The summed E-state index contributed by atoms with van der Waals surface area (Å²) in [6.07, 6.45) is -1.31. The van der Waals surface area contributed by atoms with Gasteiger partial charge in [0.1, 0.15) is 17.8 Å². The number of allylic oxidation sites excluding steroid dienone is 1. The van der Waals surface area contributed by atoms with Gasteiger partial charge in [-0.3, -0.25) is 14.4 Å². The molecule has 8 heteroatoms. The van der Waals surface area contributed by atoms with Gasteiger partial charge < -0.3 is 26.2 Å². The van der Waals surface area contributed by atoms with E-state index in [0.717, 1.165) is 5.56 Å². The molecule has 0 saturated heterocycles. The molecule has 200 valence electrons. The lowest BCUT2D eigenvalue weighted by Crippen LogP contribution is -2.21. The Morgan fingerprint density at radius 3 is 2.24 bits per heavy atom. The normalized spacial score (nSPS) is 14.4. The molecule has 0 aromatic heterocycles. The Bertz CT molecular complexity index is 1110. The van der Waals surface area contributed by atoms with Crippen molar-refractivity contribution in [2.45, 2.75) is 70.5 Å². The predicted molar refractivity (Wildman–Crippen MR) is 140 cm³/mol. The van der Waals surface area contributed by atoms with Crippen molar-refractivity contribution in [3.8, 4) is 5.75 Å². The summed E-state index contributed by atoms with van der Waals surface area (Å²) in [5.74, 6) is -1.48. The van der Waals surface area contributed by atoms with Crippen LogP contribution in [0.4, 0.5) is 0 Å². The number of benzene rings is 2. The van der Waals surface area contributed by atoms with Crippen molar-refractivity contribution in [1.29, 1.82) is 0 Å². The maximum atomic E-state index is 12.8. The number of hydrogen-bond acceptors (Lipinski definition) is 7. The summed E-state index contributed by atoms with van der Waals surface area (Å²) in [5, 5.41) is 40.5. The molecular formula is C29H37NO7. The number of carbonyl (C=O) groups excluding carboxylic acids is 3. The molecule has 0 bridgehead atoms. The van der Waals surface area contributed by atoms with Crippen LogP contribution in [0.5, 0.6) is 5.75 Å². The van der Waals surface area contributed by atoms with Crippen LogP contribution in [0.2, 0.25) is 0 Å². The molecule has 1 amide bonds. The molecule has 3 unspecified atom stereocenters. The smallest absolute Gasteiger partial charge is 0.224 e. The molecular weight excluding hydrogens is 474 g/mol. The molecule has 2 rings (SSSR count). The van der Waals surface area contributed by atoms with Crippen LogP contribution in [0.3, 0.4) is 0 Å². The number of Topliss-reactive ketones (excluding diaryl/α,β-unsaturated/α-hetero) is 1. The van der Waals surface area contributed by atoms with Crippen molar-refractivity contribution >= 4 is 18.0 Å².